The predicted molar refractivity (Wildman–Crippen MR) is 83.3 cm³/mol. The summed E-state index contributed by atoms with van der Waals surface area (Å²) in [6.07, 6.45) is 1.83. The van der Waals surface area contributed by atoms with Gasteiger partial charge in [0.25, 0.3) is 0 Å². The molecule has 1 unspecified atom stereocenters. The van der Waals surface area contributed by atoms with Crippen molar-refractivity contribution in [1.29, 1.82) is 0 Å². The lowest BCUT2D eigenvalue weighted by Crippen LogP contribution is -2.17. The van der Waals surface area contributed by atoms with Gasteiger partial charge in [0.15, 0.2) is 0 Å². The first-order valence-corrected chi connectivity index (χ1v) is 7.72. The highest BCUT2D eigenvalue weighted by Gasteiger charge is 2.21. The largest absolute Gasteiger partial charge is 0.323 e. The molecule has 0 spiro atoms. The normalized spacial score (nSPS) is 13.4. The van der Waals surface area contributed by atoms with Crippen molar-refractivity contribution in [1.82, 2.24) is 9.55 Å². The average Bonchev–Trinajstić information content (AvgIpc) is 2.70. The molecule has 0 bridgehead atoms. The highest BCUT2D eigenvalue weighted by Crippen LogP contribution is 2.32. The molecule has 104 valence electrons. The number of nitrogens with zero attached hydrogens (tertiary/aromatic N) is 2. The number of rotatable bonds is 5. The molecule has 2 aromatic rings. The van der Waals surface area contributed by atoms with Crippen LogP contribution in [0.2, 0.25) is 5.02 Å². The van der Waals surface area contributed by atoms with Crippen LogP contribution in [-0.2, 0) is 6.42 Å². The molecule has 0 aliphatic carbocycles. The van der Waals surface area contributed by atoms with E-state index < -0.39 is 0 Å². The van der Waals surface area contributed by atoms with E-state index in [9.17, 15) is 0 Å². The second-order valence-corrected chi connectivity index (χ2v) is 5.95. The van der Waals surface area contributed by atoms with Gasteiger partial charge in [0.1, 0.15) is 5.82 Å². The molecule has 1 aromatic carbocycles. The van der Waals surface area contributed by atoms with Crippen LogP contribution in [0.5, 0.6) is 0 Å². The molecule has 2 nitrogen and oxygen atoms in total. The Bertz CT molecular complexity index is 561. The number of imidazole rings is 1. The second kappa shape index (κ2) is 6.15. The molecular formula is C15H20Cl2N2. The van der Waals surface area contributed by atoms with Gasteiger partial charge in [-0.15, -0.1) is 11.6 Å². The van der Waals surface area contributed by atoms with Crippen LogP contribution in [0, 0.1) is 5.92 Å². The Morgan fingerprint density at radius 3 is 2.63 bits per heavy atom. The summed E-state index contributed by atoms with van der Waals surface area (Å²) in [6, 6.07) is 6.30. The second-order valence-electron chi connectivity index (χ2n) is 5.16. The number of benzene rings is 1. The summed E-state index contributed by atoms with van der Waals surface area (Å²) in [6.45, 7) is 6.68. The Labute approximate surface area is 124 Å². The van der Waals surface area contributed by atoms with Gasteiger partial charge < -0.3 is 4.57 Å². The van der Waals surface area contributed by atoms with Crippen LogP contribution in [0.1, 0.15) is 39.1 Å². The fraction of sp³-hybridized carbons (Fsp3) is 0.533. The van der Waals surface area contributed by atoms with Crippen molar-refractivity contribution in [2.45, 2.75) is 39.7 Å². The molecule has 0 amide bonds. The van der Waals surface area contributed by atoms with Crippen LogP contribution in [-0.4, -0.2) is 15.4 Å². The zero-order valence-corrected chi connectivity index (χ0v) is 13.2. The van der Waals surface area contributed by atoms with Gasteiger partial charge in [-0.1, -0.05) is 38.4 Å². The molecule has 1 heterocycles. The minimum Gasteiger partial charge on any atom is -0.323 e. The van der Waals surface area contributed by atoms with Gasteiger partial charge in [0, 0.05) is 18.3 Å². The average molecular weight is 299 g/mol. The molecular weight excluding hydrogens is 279 g/mol. The molecule has 1 atom stereocenters. The number of aryl methyl sites for hydroxylation is 1. The number of fused-ring (bicyclic) bond motifs is 1. The topological polar surface area (TPSA) is 17.8 Å². The van der Waals surface area contributed by atoms with Crippen molar-refractivity contribution >= 4 is 34.2 Å². The van der Waals surface area contributed by atoms with Crippen molar-refractivity contribution in [2.75, 3.05) is 5.88 Å². The Morgan fingerprint density at radius 2 is 2.05 bits per heavy atom. The van der Waals surface area contributed by atoms with Crippen molar-refractivity contribution in [3.8, 4) is 0 Å². The molecule has 0 N–H and O–H groups in total. The maximum absolute atomic E-state index is 6.39. The molecule has 1 aromatic heterocycles. The smallest absolute Gasteiger partial charge is 0.111 e. The molecule has 0 saturated carbocycles. The minimum absolute atomic E-state index is 0.406. The SMILES string of the molecule is CCC(C(C)C)n1c(CCCl)nc2cccc(Cl)c21. The standard InChI is InChI=1S/C15H20Cl2N2/c1-4-13(10(2)3)19-14(8-9-16)18-12-7-5-6-11(17)15(12)19/h5-7,10,13H,4,8-9H2,1-3H3. The van der Waals surface area contributed by atoms with Crippen LogP contribution >= 0.6 is 23.2 Å². The van der Waals surface area contributed by atoms with Gasteiger partial charge in [0.05, 0.1) is 16.1 Å². The molecule has 19 heavy (non-hydrogen) atoms. The molecule has 0 saturated heterocycles. The van der Waals surface area contributed by atoms with Gasteiger partial charge in [-0.05, 0) is 24.5 Å². The van der Waals surface area contributed by atoms with E-state index in [2.05, 4.69) is 25.3 Å². The van der Waals surface area contributed by atoms with E-state index in [1.807, 2.05) is 18.2 Å². The lowest BCUT2D eigenvalue weighted by Gasteiger charge is -2.24. The monoisotopic (exact) mass is 298 g/mol. The van der Waals surface area contributed by atoms with Gasteiger partial charge >= 0.3 is 0 Å². The lowest BCUT2D eigenvalue weighted by atomic mass is 10.0. The Morgan fingerprint density at radius 1 is 1.32 bits per heavy atom. The maximum atomic E-state index is 6.39. The zero-order valence-electron chi connectivity index (χ0n) is 11.7. The van der Waals surface area contributed by atoms with Gasteiger partial charge in [-0.25, -0.2) is 4.98 Å². The highest BCUT2D eigenvalue weighted by molar-refractivity contribution is 6.35. The van der Waals surface area contributed by atoms with E-state index in [4.69, 9.17) is 28.2 Å². The molecule has 0 fully saturated rings. The maximum Gasteiger partial charge on any atom is 0.111 e. The van der Waals surface area contributed by atoms with E-state index in [-0.39, 0.29) is 0 Å². The first kappa shape index (κ1) is 14.7. The highest BCUT2D eigenvalue weighted by atomic mass is 35.5. The summed E-state index contributed by atoms with van der Waals surface area (Å²) >= 11 is 12.3. The third-order valence-electron chi connectivity index (χ3n) is 3.57. The first-order chi connectivity index (χ1) is 9.10. The third-order valence-corrected chi connectivity index (χ3v) is 4.07. The van der Waals surface area contributed by atoms with Crippen molar-refractivity contribution in [3.05, 3.63) is 29.0 Å². The Balaban J connectivity index is 2.69. The van der Waals surface area contributed by atoms with Crippen molar-refractivity contribution in [3.63, 3.8) is 0 Å². The van der Waals surface area contributed by atoms with Crippen molar-refractivity contribution in [2.24, 2.45) is 5.92 Å². The van der Waals surface area contributed by atoms with Crippen LogP contribution in [0.4, 0.5) is 0 Å². The van der Waals surface area contributed by atoms with Crippen LogP contribution in [0.25, 0.3) is 11.0 Å². The summed E-state index contributed by atoms with van der Waals surface area (Å²) in [5, 5.41) is 0.768. The summed E-state index contributed by atoms with van der Waals surface area (Å²) in [4.78, 5) is 4.71. The number of aromatic nitrogens is 2. The van der Waals surface area contributed by atoms with Gasteiger partial charge in [0.2, 0.25) is 0 Å². The lowest BCUT2D eigenvalue weighted by molar-refractivity contribution is 0.365. The summed E-state index contributed by atoms with van der Waals surface area (Å²) < 4.78 is 2.30. The number of alkyl halides is 1. The minimum atomic E-state index is 0.406. The zero-order chi connectivity index (χ0) is 14.0. The van der Waals surface area contributed by atoms with E-state index in [0.717, 1.165) is 34.7 Å². The van der Waals surface area contributed by atoms with Crippen molar-refractivity contribution < 1.29 is 0 Å². The molecule has 0 aliphatic rings. The first-order valence-electron chi connectivity index (χ1n) is 6.81. The molecule has 2 rings (SSSR count). The van der Waals surface area contributed by atoms with Crippen LogP contribution < -0.4 is 0 Å². The number of hydrogen-bond donors (Lipinski definition) is 0. The fourth-order valence-corrected chi connectivity index (χ4v) is 3.15. The third kappa shape index (κ3) is 2.75. The van der Waals surface area contributed by atoms with E-state index >= 15 is 0 Å². The predicted octanol–water partition coefficient (Wildman–Crippen LogP) is 5.08. The van der Waals surface area contributed by atoms with Crippen LogP contribution in [0.3, 0.4) is 0 Å². The number of para-hydroxylation sites is 1. The van der Waals surface area contributed by atoms with E-state index in [1.54, 1.807) is 0 Å². The van der Waals surface area contributed by atoms with Gasteiger partial charge in [-0.2, -0.15) is 0 Å². The quantitative estimate of drug-likeness (QED) is 0.704. The summed E-state index contributed by atoms with van der Waals surface area (Å²) in [5.41, 5.74) is 2.01. The van der Waals surface area contributed by atoms with Crippen LogP contribution in [0.15, 0.2) is 18.2 Å². The molecule has 0 radical (unpaired) electrons. The summed E-state index contributed by atoms with van der Waals surface area (Å²) in [5.74, 6) is 2.15. The molecule has 4 heteroatoms. The van der Waals surface area contributed by atoms with E-state index in [1.165, 1.54) is 0 Å². The van der Waals surface area contributed by atoms with E-state index in [0.29, 0.717) is 17.8 Å². The molecule has 0 aliphatic heterocycles. The Hall–Kier alpha value is -0.730. The fourth-order valence-electron chi connectivity index (χ4n) is 2.72. The number of hydrogen-bond acceptors (Lipinski definition) is 1. The number of halogens is 2. The Kier molecular flexibility index (Phi) is 4.75. The summed E-state index contributed by atoms with van der Waals surface area (Å²) in [7, 11) is 0. The van der Waals surface area contributed by atoms with Gasteiger partial charge in [-0.3, -0.25) is 0 Å².